The van der Waals surface area contributed by atoms with Crippen LogP contribution in [-0.4, -0.2) is 33.5 Å². The van der Waals surface area contributed by atoms with Gasteiger partial charge in [-0.25, -0.2) is 0 Å². The number of rotatable bonds is 3. The highest BCUT2D eigenvalue weighted by molar-refractivity contribution is 6.01. The van der Waals surface area contributed by atoms with Gasteiger partial charge in [0.15, 0.2) is 0 Å². The van der Waals surface area contributed by atoms with Crippen molar-refractivity contribution < 1.29 is 9.90 Å². The maximum atomic E-state index is 12.8. The van der Waals surface area contributed by atoms with Crippen LogP contribution >= 0.6 is 0 Å². The van der Waals surface area contributed by atoms with E-state index in [2.05, 4.69) is 11.1 Å². The molecule has 0 fully saturated rings. The molecular formula is C19H18N2O2. The predicted molar refractivity (Wildman–Crippen MR) is 89.3 cm³/mol. The quantitative estimate of drug-likeness (QED) is 0.781. The van der Waals surface area contributed by atoms with E-state index in [4.69, 9.17) is 0 Å². The van der Waals surface area contributed by atoms with E-state index in [-0.39, 0.29) is 24.6 Å². The van der Waals surface area contributed by atoms with Gasteiger partial charge in [-0.2, -0.15) is 0 Å². The number of carbonyl (C=O) groups is 1. The van der Waals surface area contributed by atoms with Gasteiger partial charge in [0.1, 0.15) is 0 Å². The molecule has 2 N–H and O–H groups in total. The van der Waals surface area contributed by atoms with E-state index in [0.717, 1.165) is 27.6 Å². The molecule has 23 heavy (non-hydrogen) atoms. The molecule has 2 atom stereocenters. The topological polar surface area (TPSA) is 56.3 Å². The summed E-state index contributed by atoms with van der Waals surface area (Å²) in [5.41, 5.74) is 3.85. The fourth-order valence-electron chi connectivity index (χ4n) is 3.52. The Morgan fingerprint density at radius 3 is 2.70 bits per heavy atom. The van der Waals surface area contributed by atoms with Crippen molar-refractivity contribution in [3.63, 3.8) is 0 Å². The maximum Gasteiger partial charge on any atom is 0.255 e. The van der Waals surface area contributed by atoms with Crippen LogP contribution in [0.2, 0.25) is 0 Å². The molecule has 1 aromatic heterocycles. The summed E-state index contributed by atoms with van der Waals surface area (Å²) in [6.45, 7) is 1.82. The Morgan fingerprint density at radius 1 is 1.13 bits per heavy atom. The summed E-state index contributed by atoms with van der Waals surface area (Å²) in [5.74, 6) is -0.0163. The van der Waals surface area contributed by atoms with E-state index in [1.807, 2.05) is 55.6 Å². The Labute approximate surface area is 134 Å². The number of para-hydroxylation sites is 1. The van der Waals surface area contributed by atoms with Crippen LogP contribution in [0.3, 0.4) is 0 Å². The van der Waals surface area contributed by atoms with Gasteiger partial charge in [-0.05, 0) is 24.6 Å². The molecule has 1 amide bonds. The van der Waals surface area contributed by atoms with Crippen molar-refractivity contribution in [2.45, 2.75) is 19.0 Å². The second-order valence-electron chi connectivity index (χ2n) is 6.02. The van der Waals surface area contributed by atoms with Crippen LogP contribution in [0.5, 0.6) is 0 Å². The van der Waals surface area contributed by atoms with Crippen LogP contribution in [0.25, 0.3) is 10.9 Å². The number of nitrogens with one attached hydrogen (secondary N) is 1. The Balaban J connectivity index is 1.95. The number of carbonyl (C=O) groups excluding carboxylic acids is 1. The van der Waals surface area contributed by atoms with Crippen LogP contribution in [0.1, 0.15) is 34.5 Å². The van der Waals surface area contributed by atoms with Crippen molar-refractivity contribution >= 4 is 16.8 Å². The zero-order valence-electron chi connectivity index (χ0n) is 12.9. The van der Waals surface area contributed by atoms with E-state index in [1.165, 1.54) is 0 Å². The van der Waals surface area contributed by atoms with Crippen molar-refractivity contribution in [2.24, 2.45) is 0 Å². The van der Waals surface area contributed by atoms with Crippen molar-refractivity contribution in [2.75, 3.05) is 6.61 Å². The summed E-state index contributed by atoms with van der Waals surface area (Å²) >= 11 is 0. The number of fused-ring (bicyclic) bond motifs is 2. The minimum atomic E-state index is -0.242. The lowest BCUT2D eigenvalue weighted by Crippen LogP contribution is -2.39. The van der Waals surface area contributed by atoms with Crippen molar-refractivity contribution in [1.82, 2.24) is 9.88 Å². The molecule has 2 unspecified atom stereocenters. The van der Waals surface area contributed by atoms with E-state index in [0.29, 0.717) is 0 Å². The lowest BCUT2D eigenvalue weighted by Gasteiger charge is -2.30. The first-order chi connectivity index (χ1) is 11.2. The molecule has 4 heteroatoms. The van der Waals surface area contributed by atoms with Crippen LogP contribution in [0, 0.1) is 0 Å². The van der Waals surface area contributed by atoms with E-state index < -0.39 is 0 Å². The average Bonchev–Trinajstić information content (AvgIpc) is 3.14. The van der Waals surface area contributed by atoms with Gasteiger partial charge < -0.3 is 15.0 Å². The zero-order chi connectivity index (χ0) is 16.0. The number of benzene rings is 2. The van der Waals surface area contributed by atoms with Crippen molar-refractivity contribution in [1.29, 1.82) is 0 Å². The van der Waals surface area contributed by atoms with Crippen LogP contribution in [0.15, 0.2) is 54.7 Å². The lowest BCUT2D eigenvalue weighted by molar-refractivity contribution is 0.0596. The molecule has 2 heterocycles. The highest BCUT2D eigenvalue weighted by Crippen LogP contribution is 2.42. The minimum Gasteiger partial charge on any atom is -0.394 e. The smallest absolute Gasteiger partial charge is 0.255 e. The molecule has 4 nitrogen and oxygen atoms in total. The predicted octanol–water partition coefficient (Wildman–Crippen LogP) is 3.09. The highest BCUT2D eigenvalue weighted by atomic mass is 16.3. The van der Waals surface area contributed by atoms with Crippen LogP contribution < -0.4 is 0 Å². The molecule has 2 aromatic carbocycles. The van der Waals surface area contributed by atoms with Gasteiger partial charge in [0.25, 0.3) is 5.91 Å². The number of H-pyrrole nitrogens is 1. The Kier molecular flexibility index (Phi) is 3.20. The third-order valence-electron chi connectivity index (χ3n) is 4.65. The molecule has 1 aliphatic rings. The molecule has 0 radical (unpaired) electrons. The molecule has 0 saturated carbocycles. The largest absolute Gasteiger partial charge is 0.394 e. The standard InChI is InChI=1S/C19H18N2O2/c1-12(11-22)21-18(14-7-2-3-8-15(14)19(21)23)16-10-20-17-9-5-4-6-13(16)17/h2-10,12,18,20,22H,11H2,1H3. The van der Waals surface area contributed by atoms with Gasteiger partial charge in [0.05, 0.1) is 18.7 Å². The summed E-state index contributed by atoms with van der Waals surface area (Å²) in [4.78, 5) is 17.9. The molecular weight excluding hydrogens is 288 g/mol. The van der Waals surface area contributed by atoms with Crippen molar-refractivity contribution in [3.05, 3.63) is 71.4 Å². The summed E-state index contributed by atoms with van der Waals surface area (Å²) in [7, 11) is 0. The first-order valence-electron chi connectivity index (χ1n) is 7.81. The number of hydrogen-bond acceptors (Lipinski definition) is 2. The second kappa shape index (κ2) is 5.25. The van der Waals surface area contributed by atoms with Gasteiger partial charge in [0, 0.05) is 28.2 Å². The minimum absolute atomic E-state index is 0.0163. The number of nitrogens with zero attached hydrogens (tertiary/aromatic N) is 1. The Hall–Kier alpha value is -2.59. The molecule has 0 aliphatic carbocycles. The SMILES string of the molecule is CC(CO)N1C(=O)c2ccccc2C1c1c[nH]c2ccccc12. The Bertz CT molecular complexity index is 884. The Morgan fingerprint density at radius 2 is 1.87 bits per heavy atom. The number of amides is 1. The average molecular weight is 306 g/mol. The van der Waals surface area contributed by atoms with E-state index in [1.54, 1.807) is 4.90 Å². The molecule has 0 bridgehead atoms. The molecule has 116 valence electrons. The molecule has 0 spiro atoms. The second-order valence-corrected chi connectivity index (χ2v) is 6.02. The number of aliphatic hydroxyl groups excluding tert-OH is 1. The fourth-order valence-corrected chi connectivity index (χ4v) is 3.52. The van der Waals surface area contributed by atoms with E-state index >= 15 is 0 Å². The summed E-state index contributed by atoms with van der Waals surface area (Å²) in [5, 5.41) is 10.7. The maximum absolute atomic E-state index is 12.8. The summed E-state index contributed by atoms with van der Waals surface area (Å²) in [6.07, 6.45) is 1.97. The number of aromatic amines is 1. The van der Waals surface area contributed by atoms with Gasteiger partial charge in [0.2, 0.25) is 0 Å². The number of hydrogen-bond donors (Lipinski definition) is 2. The van der Waals surface area contributed by atoms with E-state index in [9.17, 15) is 9.90 Å². The number of aliphatic hydroxyl groups is 1. The monoisotopic (exact) mass is 306 g/mol. The van der Waals surface area contributed by atoms with Gasteiger partial charge >= 0.3 is 0 Å². The summed E-state index contributed by atoms with van der Waals surface area (Å²) < 4.78 is 0. The highest BCUT2D eigenvalue weighted by Gasteiger charge is 2.40. The molecule has 3 aromatic rings. The number of aromatic nitrogens is 1. The van der Waals surface area contributed by atoms with Crippen LogP contribution in [0.4, 0.5) is 0 Å². The first kappa shape index (κ1) is 14.0. The van der Waals surface area contributed by atoms with Gasteiger partial charge in [-0.3, -0.25) is 4.79 Å². The third-order valence-corrected chi connectivity index (χ3v) is 4.65. The molecule has 0 saturated heterocycles. The first-order valence-corrected chi connectivity index (χ1v) is 7.81. The third kappa shape index (κ3) is 1.99. The summed E-state index contributed by atoms with van der Waals surface area (Å²) in [6, 6.07) is 15.4. The fraction of sp³-hybridized carbons (Fsp3) is 0.211. The molecule has 4 rings (SSSR count). The normalized spacial score (nSPS) is 18.4. The molecule has 1 aliphatic heterocycles. The van der Waals surface area contributed by atoms with Crippen LogP contribution in [-0.2, 0) is 0 Å². The van der Waals surface area contributed by atoms with Gasteiger partial charge in [-0.1, -0.05) is 36.4 Å². The zero-order valence-corrected chi connectivity index (χ0v) is 12.9. The van der Waals surface area contributed by atoms with Gasteiger partial charge in [-0.15, -0.1) is 0 Å². The lowest BCUT2D eigenvalue weighted by atomic mass is 9.97. The van der Waals surface area contributed by atoms with Crippen molar-refractivity contribution in [3.8, 4) is 0 Å².